The van der Waals surface area contributed by atoms with E-state index in [0.29, 0.717) is 21.7 Å². The van der Waals surface area contributed by atoms with Crippen LogP contribution in [0.3, 0.4) is 0 Å². The standard InChI is InChI=1S/10C8H16/c1-6-4-7(2)8(3)5-6;2*1-7-4-5-8(2,3)6-7;2*1-7-5-4-6-8(7,2)3;1-6-4-5-7(2)8(6)3;1-7(2)8-5-3-4-6-8;2*1-3-8(2)6-4-5-7-8;1-3-8-6-4-5-7(8)2/h6-8H,4-5H2,1-3H3;4*7H,4-6H2,1-3H3;6-8H,4-5H2,1-3H3;7-8H,3-6H2,1-2H3;2*3-7H2,1-2H3;7-8H,3-6H2,1-2H3/t;7-;;7-;;;;;;/m.0.0....../s1. The second-order valence-corrected chi connectivity index (χ2v) is 35.6. The quantitative estimate of drug-likeness (QED) is 0.263. The molecule has 0 saturated heterocycles. The van der Waals surface area contributed by atoms with E-state index in [4.69, 9.17) is 0 Å². The van der Waals surface area contributed by atoms with E-state index in [1.165, 1.54) is 218 Å². The molecule has 480 valence electrons. The molecule has 0 heteroatoms. The van der Waals surface area contributed by atoms with Gasteiger partial charge in [0.2, 0.25) is 0 Å². The Morgan fingerprint density at radius 1 is 0.338 bits per heavy atom. The van der Waals surface area contributed by atoms with Crippen molar-refractivity contribution in [2.75, 3.05) is 0 Å². The average molecular weight is 1120 g/mol. The van der Waals surface area contributed by atoms with Crippen LogP contribution >= 0.6 is 0 Å². The summed E-state index contributed by atoms with van der Waals surface area (Å²) in [5.74, 6) is 13.9. The van der Waals surface area contributed by atoms with E-state index in [-0.39, 0.29) is 0 Å². The van der Waals surface area contributed by atoms with Crippen LogP contribution in [0.2, 0.25) is 0 Å². The monoisotopic (exact) mass is 1120 g/mol. The van der Waals surface area contributed by atoms with E-state index in [1.54, 1.807) is 0 Å². The molecule has 0 heterocycles. The Hall–Kier alpha value is 0. The molecule has 10 aliphatic rings. The van der Waals surface area contributed by atoms with Gasteiger partial charge in [-0.25, -0.2) is 0 Å². The molecule has 0 aliphatic heterocycles. The van der Waals surface area contributed by atoms with E-state index < -0.39 is 0 Å². The van der Waals surface area contributed by atoms with Crippen molar-refractivity contribution in [3.05, 3.63) is 0 Å². The molecule has 0 radical (unpaired) electrons. The molecular formula is C80H160. The van der Waals surface area contributed by atoms with E-state index in [0.717, 1.165) is 93.7 Å². The highest BCUT2D eigenvalue weighted by atomic mass is 14.4. The third kappa shape index (κ3) is 32.1. The van der Waals surface area contributed by atoms with Gasteiger partial charge in [-0.1, -0.05) is 321 Å². The summed E-state index contributed by atoms with van der Waals surface area (Å²) >= 11 is 0. The maximum absolute atomic E-state index is 2.42. The van der Waals surface area contributed by atoms with Gasteiger partial charge in [-0.3, -0.25) is 0 Å². The van der Waals surface area contributed by atoms with Gasteiger partial charge in [-0.2, -0.15) is 0 Å². The van der Waals surface area contributed by atoms with Gasteiger partial charge in [0.1, 0.15) is 0 Å². The van der Waals surface area contributed by atoms with Crippen molar-refractivity contribution in [2.24, 2.45) is 115 Å². The summed E-state index contributed by atoms with van der Waals surface area (Å²) in [7, 11) is 0. The van der Waals surface area contributed by atoms with Crippen LogP contribution in [-0.2, 0) is 0 Å². The minimum atomic E-state index is 0.653. The van der Waals surface area contributed by atoms with Gasteiger partial charge >= 0.3 is 0 Å². The fourth-order valence-corrected chi connectivity index (χ4v) is 16.6. The maximum Gasteiger partial charge on any atom is -0.0328 e. The maximum atomic E-state index is 2.42. The van der Waals surface area contributed by atoms with Crippen molar-refractivity contribution in [1.29, 1.82) is 0 Å². The zero-order valence-corrected chi connectivity index (χ0v) is 61.1. The Balaban J connectivity index is 0.000000444. The van der Waals surface area contributed by atoms with Crippen LogP contribution < -0.4 is 0 Å². The Bertz CT molecular complexity index is 1380. The third-order valence-corrected chi connectivity index (χ3v) is 25.6. The van der Waals surface area contributed by atoms with E-state index in [2.05, 4.69) is 180 Å². The first-order valence-electron chi connectivity index (χ1n) is 37.1. The molecule has 0 nitrogen and oxygen atoms in total. The van der Waals surface area contributed by atoms with Crippen LogP contribution in [0.25, 0.3) is 0 Å². The van der Waals surface area contributed by atoms with E-state index in [1.807, 2.05) is 0 Å². The van der Waals surface area contributed by atoms with Crippen LogP contribution in [0.1, 0.15) is 398 Å². The molecule has 10 aliphatic carbocycles. The van der Waals surface area contributed by atoms with Gasteiger partial charge in [-0.15, -0.1) is 0 Å². The van der Waals surface area contributed by atoms with E-state index >= 15 is 0 Å². The first-order chi connectivity index (χ1) is 37.1. The van der Waals surface area contributed by atoms with Gasteiger partial charge in [-0.05, 0) is 192 Å². The Morgan fingerprint density at radius 3 is 0.838 bits per heavy atom. The van der Waals surface area contributed by atoms with E-state index in [9.17, 15) is 0 Å². The third-order valence-electron chi connectivity index (χ3n) is 25.6. The minimum absolute atomic E-state index is 0.653. The normalized spacial score (nSPS) is 35.1. The summed E-state index contributed by atoms with van der Waals surface area (Å²) in [5, 5.41) is 0. The smallest absolute Gasteiger partial charge is 0.0328 e. The molecule has 10 atom stereocenters. The Morgan fingerprint density at radius 2 is 0.713 bits per heavy atom. The van der Waals surface area contributed by atoms with Crippen LogP contribution in [0, 0.1) is 115 Å². The fourth-order valence-electron chi connectivity index (χ4n) is 16.6. The van der Waals surface area contributed by atoms with Crippen LogP contribution in [-0.4, -0.2) is 0 Å². The predicted octanol–water partition coefficient (Wildman–Crippen LogP) is 28.3. The Labute approximate surface area is 511 Å². The molecule has 8 unspecified atom stereocenters. The molecule has 0 N–H and O–H groups in total. The lowest BCUT2D eigenvalue weighted by Crippen LogP contribution is -2.13. The van der Waals surface area contributed by atoms with Gasteiger partial charge in [0.15, 0.2) is 0 Å². The van der Waals surface area contributed by atoms with Crippen molar-refractivity contribution in [2.45, 2.75) is 398 Å². The molecule has 0 bridgehead atoms. The summed E-state index contributed by atoms with van der Waals surface area (Å²) in [5.41, 5.74) is 4.11. The van der Waals surface area contributed by atoms with Crippen molar-refractivity contribution in [1.82, 2.24) is 0 Å². The molecule has 10 rings (SSSR count). The highest BCUT2D eigenvalue weighted by Crippen LogP contribution is 2.45. The first-order valence-corrected chi connectivity index (χ1v) is 37.1. The lowest BCUT2D eigenvalue weighted by atomic mass is 9.83. The Kier molecular flexibility index (Phi) is 37.4. The largest absolute Gasteiger partial charge is 0.0651 e. The highest BCUT2D eigenvalue weighted by molar-refractivity contribution is 4.84. The molecular weight excluding hydrogens is 961 g/mol. The lowest BCUT2D eigenvalue weighted by molar-refractivity contribution is 0.281. The van der Waals surface area contributed by atoms with Crippen LogP contribution in [0.15, 0.2) is 0 Å². The topological polar surface area (TPSA) is 0 Å². The summed E-state index contributed by atoms with van der Waals surface area (Å²) < 4.78 is 0. The SMILES string of the molecule is CC(C)C1CCCC1.CC1CC(C)C(C)C1.CC1CCC(C)(C)C1.CC1CCC(C)C1C.CC1CCCC1(C)C.CCC1(C)CCCC1.CCC1(C)CCCC1.CCC1CCCC1C.C[C@H]1CCC(C)(C)C1.C[C@H]1CCCC1(C)C. The van der Waals surface area contributed by atoms with Gasteiger partial charge in [0, 0.05) is 0 Å². The number of hydrogen-bond donors (Lipinski definition) is 0. The molecule has 0 aromatic carbocycles. The summed E-state index contributed by atoms with van der Waals surface area (Å²) in [6, 6.07) is 0. The zero-order chi connectivity index (χ0) is 61.1. The highest BCUT2D eigenvalue weighted by Gasteiger charge is 2.33. The zero-order valence-electron chi connectivity index (χ0n) is 61.1. The average Bonchev–Trinajstić information content (AvgIpc) is 4.26. The second kappa shape index (κ2) is 38.3. The summed E-state index contributed by atoms with van der Waals surface area (Å²) in [6.45, 7) is 61.5. The molecule has 80 heavy (non-hydrogen) atoms. The molecule has 0 aromatic rings. The number of hydrogen-bond acceptors (Lipinski definition) is 0. The van der Waals surface area contributed by atoms with Crippen molar-refractivity contribution in [3.8, 4) is 0 Å². The summed E-state index contributed by atoms with van der Waals surface area (Å²) in [4.78, 5) is 0. The summed E-state index contributed by atoms with van der Waals surface area (Å²) in [6.07, 6.45) is 49.6. The van der Waals surface area contributed by atoms with Gasteiger partial charge in [0.05, 0.1) is 0 Å². The predicted molar refractivity (Wildman–Crippen MR) is 368 cm³/mol. The molecule has 10 saturated carbocycles. The molecule has 10 fully saturated rings. The first kappa shape index (κ1) is 78.0. The van der Waals surface area contributed by atoms with Crippen molar-refractivity contribution >= 4 is 0 Å². The van der Waals surface area contributed by atoms with Crippen LogP contribution in [0.4, 0.5) is 0 Å². The lowest BCUT2D eigenvalue weighted by Gasteiger charge is -2.22. The fraction of sp³-hybridized carbons (Fsp3) is 1.00. The van der Waals surface area contributed by atoms with Crippen LogP contribution in [0.5, 0.6) is 0 Å². The molecule has 0 amide bonds. The number of rotatable bonds is 4. The molecule has 0 aromatic heterocycles. The second-order valence-electron chi connectivity index (χ2n) is 35.6. The van der Waals surface area contributed by atoms with Gasteiger partial charge in [0.25, 0.3) is 0 Å². The minimum Gasteiger partial charge on any atom is -0.0651 e. The molecule has 0 spiro atoms. The van der Waals surface area contributed by atoms with Gasteiger partial charge < -0.3 is 0 Å². The van der Waals surface area contributed by atoms with Crippen molar-refractivity contribution in [3.63, 3.8) is 0 Å². The van der Waals surface area contributed by atoms with Crippen molar-refractivity contribution < 1.29 is 0 Å².